The van der Waals surface area contributed by atoms with Crippen molar-refractivity contribution < 1.29 is 36.3 Å². The number of aliphatic carboxylic acids is 1. The SMILES string of the molecule is COc1cc(C(C)(C)c2cnc(SCc3c(F)cc(S(=O)(=O)N(CCC[N+](C)(C)C)CC(=O)[O-])cc3Cl)n2-c2ccc(F)cc2)ccc1Cl. The second-order valence-corrected chi connectivity index (χ2v) is 16.6. The smallest absolute Gasteiger partial charge is 0.243 e. The van der Waals surface area contributed by atoms with Crippen molar-refractivity contribution in [3.63, 3.8) is 0 Å². The standard InChI is InChI=1S/C34H38Cl2F2N4O5S2/c1-34(2,22-8-13-27(35)30(16-22)47-6)31-19-39-33(41(31)24-11-9-23(37)10-12-24)48-21-26-28(36)17-25(18-29(26)38)49(45,46)40(20-32(43)44)14-7-15-42(3,4)5/h8-13,16-19H,7,14-15,20-21H2,1-6H3. The van der Waals surface area contributed by atoms with Gasteiger partial charge in [-0.1, -0.05) is 54.9 Å². The van der Waals surface area contributed by atoms with Crippen LogP contribution in [0.15, 0.2) is 70.8 Å². The molecule has 4 aromatic rings. The molecule has 15 heteroatoms. The number of nitrogens with zero attached hydrogens (tertiary/aromatic N) is 4. The van der Waals surface area contributed by atoms with Gasteiger partial charge in [-0.3, -0.25) is 4.57 Å². The molecule has 1 heterocycles. The van der Waals surface area contributed by atoms with Gasteiger partial charge in [0.25, 0.3) is 0 Å². The van der Waals surface area contributed by atoms with E-state index in [1.807, 2.05) is 51.7 Å². The molecule has 0 aliphatic carbocycles. The van der Waals surface area contributed by atoms with Gasteiger partial charge in [0.1, 0.15) is 17.4 Å². The Labute approximate surface area is 300 Å². The van der Waals surface area contributed by atoms with Crippen molar-refractivity contribution >= 4 is 51.0 Å². The summed E-state index contributed by atoms with van der Waals surface area (Å²) in [5.74, 6) is -2.42. The summed E-state index contributed by atoms with van der Waals surface area (Å²) in [5, 5.41) is 12.2. The highest BCUT2D eigenvalue weighted by Crippen LogP contribution is 2.40. The third kappa shape index (κ3) is 9.13. The fraction of sp³-hybridized carbons (Fsp3) is 0.353. The van der Waals surface area contributed by atoms with Crippen LogP contribution in [0.25, 0.3) is 5.69 Å². The summed E-state index contributed by atoms with van der Waals surface area (Å²) >= 11 is 13.9. The van der Waals surface area contributed by atoms with E-state index in [1.165, 1.54) is 19.2 Å². The van der Waals surface area contributed by atoms with E-state index in [9.17, 15) is 22.7 Å². The van der Waals surface area contributed by atoms with Crippen LogP contribution in [0, 0.1) is 11.6 Å². The van der Waals surface area contributed by atoms with E-state index in [1.54, 1.807) is 24.4 Å². The van der Waals surface area contributed by atoms with E-state index in [0.717, 1.165) is 39.5 Å². The molecule has 49 heavy (non-hydrogen) atoms. The van der Waals surface area contributed by atoms with Gasteiger partial charge in [0.05, 0.1) is 69.1 Å². The lowest BCUT2D eigenvalue weighted by Crippen LogP contribution is -2.43. The van der Waals surface area contributed by atoms with Crippen molar-refractivity contribution in [3.8, 4) is 11.4 Å². The van der Waals surface area contributed by atoms with Gasteiger partial charge < -0.3 is 19.1 Å². The average Bonchev–Trinajstić information content (AvgIpc) is 3.44. The Hall–Kier alpha value is -3.20. The Morgan fingerprint density at radius 3 is 2.33 bits per heavy atom. The lowest BCUT2D eigenvalue weighted by molar-refractivity contribution is -0.870. The molecular formula is C34H38Cl2F2N4O5S2. The number of hydrogen-bond donors (Lipinski definition) is 0. The molecule has 0 radical (unpaired) electrons. The molecule has 0 N–H and O–H groups in total. The quantitative estimate of drug-likeness (QED) is 0.110. The number of carboxylic acids is 1. The number of hydrogen-bond acceptors (Lipinski definition) is 7. The van der Waals surface area contributed by atoms with Crippen LogP contribution in [0.2, 0.25) is 10.0 Å². The fourth-order valence-electron chi connectivity index (χ4n) is 5.22. The summed E-state index contributed by atoms with van der Waals surface area (Å²) in [6.07, 6.45) is 2.05. The molecule has 0 saturated heterocycles. The van der Waals surface area contributed by atoms with Gasteiger partial charge in [0, 0.05) is 40.4 Å². The predicted molar refractivity (Wildman–Crippen MR) is 186 cm³/mol. The highest BCUT2D eigenvalue weighted by atomic mass is 35.5. The van der Waals surface area contributed by atoms with E-state index in [-0.39, 0.29) is 22.9 Å². The van der Waals surface area contributed by atoms with E-state index in [4.69, 9.17) is 27.9 Å². The minimum absolute atomic E-state index is 0.0269. The molecule has 0 spiro atoms. The number of quaternary nitrogens is 1. The monoisotopic (exact) mass is 754 g/mol. The summed E-state index contributed by atoms with van der Waals surface area (Å²) in [4.78, 5) is 15.6. The summed E-state index contributed by atoms with van der Waals surface area (Å²) in [5.41, 5.74) is 1.57. The van der Waals surface area contributed by atoms with E-state index in [0.29, 0.717) is 39.1 Å². The van der Waals surface area contributed by atoms with Crippen LogP contribution in [0.5, 0.6) is 5.75 Å². The Balaban J connectivity index is 1.68. The third-order valence-corrected chi connectivity index (χ3v) is 11.4. The second kappa shape index (κ2) is 15.4. The Kier molecular flexibility index (Phi) is 12.1. The van der Waals surface area contributed by atoms with Crippen LogP contribution < -0.4 is 9.84 Å². The summed E-state index contributed by atoms with van der Waals surface area (Å²) < 4.78 is 65.1. The molecule has 0 saturated carbocycles. The topological polar surface area (TPSA) is 105 Å². The fourth-order valence-corrected chi connectivity index (χ4v) is 8.32. The molecule has 1 aromatic heterocycles. The number of carbonyl (C=O) groups is 1. The summed E-state index contributed by atoms with van der Waals surface area (Å²) in [6.45, 7) is 3.57. The van der Waals surface area contributed by atoms with Crippen LogP contribution in [0.3, 0.4) is 0 Å². The molecule has 0 aliphatic heterocycles. The zero-order valence-corrected chi connectivity index (χ0v) is 31.1. The summed E-state index contributed by atoms with van der Waals surface area (Å²) in [7, 11) is 2.88. The number of methoxy groups -OCH3 is 1. The zero-order chi connectivity index (χ0) is 36.3. The number of halogens is 4. The Bertz CT molecular complexity index is 1910. The number of sulfonamides is 1. The lowest BCUT2D eigenvalue weighted by Gasteiger charge is -2.28. The second-order valence-electron chi connectivity index (χ2n) is 12.9. The van der Waals surface area contributed by atoms with Crippen molar-refractivity contribution in [2.24, 2.45) is 0 Å². The van der Waals surface area contributed by atoms with E-state index in [2.05, 4.69) is 4.98 Å². The van der Waals surface area contributed by atoms with Crippen LogP contribution in [0.1, 0.15) is 37.1 Å². The number of ether oxygens (including phenoxy) is 1. The number of benzene rings is 3. The predicted octanol–water partition coefficient (Wildman–Crippen LogP) is 5.92. The van der Waals surface area contributed by atoms with Crippen LogP contribution in [-0.2, 0) is 26.0 Å². The van der Waals surface area contributed by atoms with Crippen LogP contribution in [0.4, 0.5) is 8.78 Å². The molecule has 0 bridgehead atoms. The van der Waals surface area contributed by atoms with Crippen molar-refractivity contribution in [2.75, 3.05) is 47.9 Å². The maximum Gasteiger partial charge on any atom is 0.243 e. The first-order valence-electron chi connectivity index (χ1n) is 15.1. The third-order valence-electron chi connectivity index (χ3n) is 7.97. The molecule has 0 aliphatic rings. The highest BCUT2D eigenvalue weighted by molar-refractivity contribution is 7.98. The number of thioether (sulfide) groups is 1. The Morgan fingerprint density at radius 2 is 1.73 bits per heavy atom. The Morgan fingerprint density at radius 1 is 1.06 bits per heavy atom. The van der Waals surface area contributed by atoms with Gasteiger partial charge >= 0.3 is 0 Å². The lowest BCUT2D eigenvalue weighted by atomic mass is 9.81. The molecule has 0 unspecified atom stereocenters. The molecule has 9 nitrogen and oxygen atoms in total. The number of aromatic nitrogens is 2. The van der Waals surface area contributed by atoms with Crippen molar-refractivity contribution in [3.05, 3.63) is 99.3 Å². The van der Waals surface area contributed by atoms with Gasteiger partial charge in [-0.15, -0.1) is 0 Å². The average molecular weight is 756 g/mol. The number of imidazole rings is 1. The van der Waals surface area contributed by atoms with Gasteiger partial charge in [-0.2, -0.15) is 4.31 Å². The molecular weight excluding hydrogens is 717 g/mol. The minimum Gasteiger partial charge on any atom is -0.549 e. The molecule has 0 amide bonds. The largest absolute Gasteiger partial charge is 0.549 e. The summed E-state index contributed by atoms with van der Waals surface area (Å²) in [6, 6.07) is 13.3. The maximum absolute atomic E-state index is 15.7. The number of carboxylic acid groups (broad SMARTS) is 1. The van der Waals surface area contributed by atoms with Crippen molar-refractivity contribution in [1.29, 1.82) is 0 Å². The number of carbonyl (C=O) groups excluding carboxylic acids is 1. The van der Waals surface area contributed by atoms with Gasteiger partial charge in [0.2, 0.25) is 10.0 Å². The first kappa shape index (κ1) is 38.6. The van der Waals surface area contributed by atoms with E-state index >= 15 is 4.39 Å². The van der Waals surface area contributed by atoms with Gasteiger partial charge in [-0.25, -0.2) is 22.2 Å². The first-order valence-corrected chi connectivity index (χ1v) is 18.3. The van der Waals surface area contributed by atoms with Gasteiger partial charge in [-0.05, 0) is 54.1 Å². The molecule has 3 aromatic carbocycles. The normalized spacial score (nSPS) is 12.5. The van der Waals surface area contributed by atoms with Gasteiger partial charge in [0.15, 0.2) is 5.16 Å². The molecule has 0 fully saturated rings. The molecule has 4 rings (SSSR count). The molecule has 0 atom stereocenters. The maximum atomic E-state index is 15.7. The van der Waals surface area contributed by atoms with E-state index < -0.39 is 44.5 Å². The zero-order valence-electron chi connectivity index (χ0n) is 28.0. The highest BCUT2D eigenvalue weighted by Gasteiger charge is 2.31. The van der Waals surface area contributed by atoms with Crippen LogP contribution >= 0.6 is 35.0 Å². The first-order chi connectivity index (χ1) is 22.8. The van der Waals surface area contributed by atoms with Crippen LogP contribution in [-0.4, -0.2) is 80.6 Å². The molecule has 264 valence electrons. The number of rotatable bonds is 15. The minimum atomic E-state index is -4.43. The van der Waals surface area contributed by atoms with Crippen molar-refractivity contribution in [1.82, 2.24) is 13.9 Å². The van der Waals surface area contributed by atoms with Crippen molar-refractivity contribution in [2.45, 2.75) is 41.5 Å².